The van der Waals surface area contributed by atoms with Crippen LogP contribution < -0.4 is 16.4 Å². The van der Waals surface area contributed by atoms with Crippen molar-refractivity contribution in [3.05, 3.63) is 98.2 Å². The Morgan fingerprint density at radius 1 is 1.03 bits per heavy atom. The number of aromatic nitrogens is 4. The minimum atomic E-state index is -0.688. The van der Waals surface area contributed by atoms with E-state index < -0.39 is 17.0 Å². The first-order valence-corrected chi connectivity index (χ1v) is 9.68. The molecule has 5 rings (SSSR count). The van der Waals surface area contributed by atoms with Crippen LogP contribution in [0.25, 0.3) is 27.8 Å². The van der Waals surface area contributed by atoms with E-state index in [9.17, 15) is 14.4 Å². The van der Waals surface area contributed by atoms with Crippen molar-refractivity contribution in [2.24, 2.45) is 0 Å². The number of carbonyl (C=O) groups is 1. The summed E-state index contributed by atoms with van der Waals surface area (Å²) in [7, 11) is 0. The molecular formula is C22H14ClN5O3. The number of nitrogens with one attached hydrogen (secondary N) is 3. The fourth-order valence-electron chi connectivity index (χ4n) is 3.49. The average molecular weight is 432 g/mol. The third kappa shape index (κ3) is 3.28. The van der Waals surface area contributed by atoms with Crippen molar-refractivity contribution < 1.29 is 4.79 Å². The lowest BCUT2D eigenvalue weighted by molar-refractivity contribution is 0.102. The van der Waals surface area contributed by atoms with Crippen LogP contribution in [0.15, 0.2) is 76.4 Å². The zero-order valence-corrected chi connectivity index (χ0v) is 16.6. The van der Waals surface area contributed by atoms with Gasteiger partial charge >= 0.3 is 0 Å². The largest absolute Gasteiger partial charge is 0.339 e. The van der Waals surface area contributed by atoms with E-state index in [1.807, 2.05) is 12.1 Å². The molecule has 0 atom stereocenters. The Morgan fingerprint density at radius 3 is 2.71 bits per heavy atom. The van der Waals surface area contributed by atoms with Crippen LogP contribution in [-0.2, 0) is 0 Å². The molecule has 8 nitrogen and oxygen atoms in total. The molecule has 152 valence electrons. The van der Waals surface area contributed by atoms with Crippen LogP contribution in [0.1, 0.15) is 10.4 Å². The molecule has 0 unspecified atom stereocenters. The molecule has 3 heterocycles. The molecule has 31 heavy (non-hydrogen) atoms. The van der Waals surface area contributed by atoms with Crippen LogP contribution in [0.5, 0.6) is 0 Å². The Morgan fingerprint density at radius 2 is 1.87 bits per heavy atom. The Kier molecular flexibility index (Phi) is 4.41. The molecule has 0 fully saturated rings. The highest BCUT2D eigenvalue weighted by Crippen LogP contribution is 2.23. The lowest BCUT2D eigenvalue weighted by atomic mass is 10.1. The number of hydrogen-bond donors (Lipinski definition) is 3. The van der Waals surface area contributed by atoms with Crippen LogP contribution in [0.3, 0.4) is 0 Å². The summed E-state index contributed by atoms with van der Waals surface area (Å²) in [6.45, 7) is 0. The first kappa shape index (κ1) is 18.8. The highest BCUT2D eigenvalue weighted by Gasteiger charge is 2.21. The number of hydrogen-bond acceptors (Lipinski definition) is 4. The SMILES string of the molecule is O=C(Nc1cccc2ncccc12)c1c(=O)[nH]n2c(=O)cc(-c3cccc(Cl)c3)[nH]c12. The zero-order chi connectivity index (χ0) is 21.5. The number of fused-ring (bicyclic) bond motifs is 2. The monoisotopic (exact) mass is 431 g/mol. The molecule has 0 saturated carbocycles. The predicted octanol–water partition coefficient (Wildman–Crippen LogP) is 3.44. The third-order valence-electron chi connectivity index (χ3n) is 4.90. The highest BCUT2D eigenvalue weighted by molar-refractivity contribution is 6.30. The molecule has 0 saturated heterocycles. The fourth-order valence-corrected chi connectivity index (χ4v) is 3.68. The molecule has 1 amide bonds. The van der Waals surface area contributed by atoms with Gasteiger partial charge in [0.15, 0.2) is 5.65 Å². The maximum Gasteiger partial charge on any atom is 0.279 e. The average Bonchev–Trinajstić information content (AvgIpc) is 3.10. The van der Waals surface area contributed by atoms with Gasteiger partial charge in [0, 0.05) is 22.7 Å². The van der Waals surface area contributed by atoms with Crippen molar-refractivity contribution in [2.45, 2.75) is 0 Å². The molecular weight excluding hydrogens is 418 g/mol. The number of halogens is 1. The van der Waals surface area contributed by atoms with Gasteiger partial charge in [0.1, 0.15) is 5.56 Å². The summed E-state index contributed by atoms with van der Waals surface area (Å²) in [6, 6.07) is 17.1. The molecule has 3 aromatic heterocycles. The molecule has 2 aromatic carbocycles. The number of amides is 1. The van der Waals surface area contributed by atoms with Gasteiger partial charge in [-0.05, 0) is 42.0 Å². The van der Waals surface area contributed by atoms with Crippen LogP contribution in [0, 0.1) is 0 Å². The van der Waals surface area contributed by atoms with Gasteiger partial charge in [-0.1, -0.05) is 29.8 Å². The van der Waals surface area contributed by atoms with Crippen molar-refractivity contribution in [3.8, 4) is 11.3 Å². The van der Waals surface area contributed by atoms with E-state index in [1.165, 1.54) is 6.07 Å². The maximum atomic E-state index is 13.1. The fraction of sp³-hybridized carbons (Fsp3) is 0. The summed E-state index contributed by atoms with van der Waals surface area (Å²) in [6.07, 6.45) is 1.65. The normalized spacial score (nSPS) is 11.1. The smallest absolute Gasteiger partial charge is 0.279 e. The number of H-pyrrole nitrogens is 2. The van der Waals surface area contributed by atoms with E-state index in [-0.39, 0.29) is 11.2 Å². The van der Waals surface area contributed by atoms with Crippen molar-refractivity contribution in [3.63, 3.8) is 0 Å². The first-order valence-electron chi connectivity index (χ1n) is 9.30. The number of anilines is 1. The lowest BCUT2D eigenvalue weighted by Gasteiger charge is -2.08. The summed E-state index contributed by atoms with van der Waals surface area (Å²) in [5.74, 6) is -0.654. The molecule has 0 radical (unpaired) electrons. The van der Waals surface area contributed by atoms with Crippen molar-refractivity contribution in [2.75, 3.05) is 5.32 Å². The molecule has 0 spiro atoms. The quantitative estimate of drug-likeness (QED) is 0.406. The van der Waals surface area contributed by atoms with Gasteiger partial charge in [-0.15, -0.1) is 0 Å². The number of nitrogens with zero attached hydrogens (tertiary/aromatic N) is 2. The molecule has 0 bridgehead atoms. The van der Waals surface area contributed by atoms with Gasteiger partial charge in [0.05, 0.1) is 16.9 Å². The van der Waals surface area contributed by atoms with Gasteiger partial charge in [-0.25, -0.2) is 0 Å². The van der Waals surface area contributed by atoms with Crippen LogP contribution in [0.2, 0.25) is 5.02 Å². The van der Waals surface area contributed by atoms with Gasteiger partial charge in [-0.3, -0.25) is 24.5 Å². The second kappa shape index (κ2) is 7.26. The van der Waals surface area contributed by atoms with Crippen molar-refractivity contribution >= 4 is 39.7 Å². The number of rotatable bonds is 3. The number of carbonyl (C=O) groups excluding carboxylic acids is 1. The molecule has 5 aromatic rings. The summed E-state index contributed by atoms with van der Waals surface area (Å²) >= 11 is 6.05. The van der Waals surface area contributed by atoms with E-state index in [0.29, 0.717) is 27.5 Å². The lowest BCUT2D eigenvalue weighted by Crippen LogP contribution is -2.20. The van der Waals surface area contributed by atoms with E-state index in [1.54, 1.807) is 48.7 Å². The second-order valence-corrected chi connectivity index (χ2v) is 7.30. The zero-order valence-electron chi connectivity index (χ0n) is 15.8. The minimum absolute atomic E-state index is 0.0586. The minimum Gasteiger partial charge on any atom is -0.339 e. The summed E-state index contributed by atoms with van der Waals surface area (Å²) in [5.41, 5.74) is 0.948. The molecule has 0 aliphatic rings. The van der Waals surface area contributed by atoms with E-state index in [2.05, 4.69) is 20.4 Å². The van der Waals surface area contributed by atoms with Gasteiger partial charge in [-0.2, -0.15) is 4.52 Å². The molecule has 0 aliphatic carbocycles. The van der Waals surface area contributed by atoms with E-state index >= 15 is 0 Å². The van der Waals surface area contributed by atoms with Gasteiger partial charge < -0.3 is 10.3 Å². The van der Waals surface area contributed by atoms with E-state index in [0.717, 1.165) is 9.90 Å². The summed E-state index contributed by atoms with van der Waals surface area (Å²) in [4.78, 5) is 45.5. The van der Waals surface area contributed by atoms with Crippen LogP contribution >= 0.6 is 11.6 Å². The first-order chi connectivity index (χ1) is 15.0. The summed E-state index contributed by atoms with van der Waals surface area (Å²) < 4.78 is 1.01. The Bertz CT molecular complexity index is 1590. The van der Waals surface area contributed by atoms with Gasteiger partial charge in [0.2, 0.25) is 0 Å². The van der Waals surface area contributed by atoms with Gasteiger partial charge in [0.25, 0.3) is 17.0 Å². The van der Waals surface area contributed by atoms with Crippen molar-refractivity contribution in [1.29, 1.82) is 0 Å². The van der Waals surface area contributed by atoms with Crippen molar-refractivity contribution in [1.82, 2.24) is 19.6 Å². The third-order valence-corrected chi connectivity index (χ3v) is 5.13. The molecule has 9 heteroatoms. The second-order valence-electron chi connectivity index (χ2n) is 6.86. The topological polar surface area (TPSA) is 112 Å². The van der Waals surface area contributed by atoms with Crippen LogP contribution in [0.4, 0.5) is 5.69 Å². The standard InChI is InChI=1S/C22H14ClN5O3/c23-13-5-1-4-12(10-13)17-11-18(29)28-20(25-17)19(22(31)27-28)21(30)26-16-8-2-7-15-14(16)6-3-9-24-15/h1-11,25H,(H,26,30)(H,27,31). The highest BCUT2D eigenvalue weighted by atomic mass is 35.5. The molecule has 0 aliphatic heterocycles. The predicted molar refractivity (Wildman–Crippen MR) is 119 cm³/mol. The molecule has 3 N–H and O–H groups in total. The Balaban J connectivity index is 1.64. The Hall–Kier alpha value is -4.17. The van der Waals surface area contributed by atoms with Crippen LogP contribution in [-0.4, -0.2) is 25.5 Å². The maximum absolute atomic E-state index is 13.1. The number of pyridine rings is 1. The van der Waals surface area contributed by atoms with E-state index in [4.69, 9.17) is 11.6 Å². The number of benzene rings is 2. The summed E-state index contributed by atoms with van der Waals surface area (Å²) in [5, 5.41) is 6.38. The Labute approximate surface area is 179 Å². The number of aromatic amines is 2.